The maximum absolute atomic E-state index is 13.6. The molecule has 1 heterocycles. The predicted octanol–water partition coefficient (Wildman–Crippen LogP) is 3.09. The Morgan fingerprint density at radius 2 is 2.29 bits per heavy atom. The van der Waals surface area contributed by atoms with Crippen LogP contribution in [0, 0.1) is 15.9 Å². The summed E-state index contributed by atoms with van der Waals surface area (Å²) >= 11 is 0. The number of nitro benzene ring substituents is 1. The molecule has 0 aliphatic carbocycles. The first-order valence-corrected chi connectivity index (χ1v) is 7.53. The molecule has 1 aromatic carbocycles. The van der Waals surface area contributed by atoms with Crippen LogP contribution in [0.4, 0.5) is 15.8 Å². The lowest BCUT2D eigenvalue weighted by Gasteiger charge is -2.27. The molecule has 5 nitrogen and oxygen atoms in total. The summed E-state index contributed by atoms with van der Waals surface area (Å²) in [5.74, 6) is -0.555. The van der Waals surface area contributed by atoms with E-state index in [1.54, 1.807) is 0 Å². The molecule has 0 aromatic heterocycles. The number of hydrogen-bond acceptors (Lipinski definition) is 4. The predicted molar refractivity (Wildman–Crippen MR) is 81.2 cm³/mol. The summed E-state index contributed by atoms with van der Waals surface area (Å²) in [6.45, 7) is 4.66. The maximum Gasteiger partial charge on any atom is 0.274 e. The van der Waals surface area contributed by atoms with Gasteiger partial charge in [0.2, 0.25) is 0 Å². The van der Waals surface area contributed by atoms with Crippen molar-refractivity contribution < 1.29 is 9.31 Å². The van der Waals surface area contributed by atoms with Gasteiger partial charge in [0.15, 0.2) is 0 Å². The van der Waals surface area contributed by atoms with Gasteiger partial charge >= 0.3 is 0 Å². The molecule has 6 heteroatoms. The largest absolute Gasteiger partial charge is 0.370 e. The smallest absolute Gasteiger partial charge is 0.274 e. The number of anilines is 1. The minimum absolute atomic E-state index is 0.189. The van der Waals surface area contributed by atoms with Crippen molar-refractivity contribution in [3.63, 3.8) is 0 Å². The van der Waals surface area contributed by atoms with E-state index in [4.69, 9.17) is 0 Å². The number of hydrogen-bond donors (Lipinski definition) is 1. The molecule has 1 aliphatic heterocycles. The number of rotatable bonds is 7. The van der Waals surface area contributed by atoms with Gasteiger partial charge in [-0.3, -0.25) is 10.1 Å². The van der Waals surface area contributed by atoms with Crippen molar-refractivity contribution in [3.8, 4) is 0 Å². The second-order valence-electron chi connectivity index (χ2n) is 5.52. The average Bonchev–Trinajstić information content (AvgIpc) is 2.95. The van der Waals surface area contributed by atoms with Crippen molar-refractivity contribution in [3.05, 3.63) is 34.1 Å². The molecule has 1 saturated heterocycles. The monoisotopic (exact) mass is 295 g/mol. The highest BCUT2D eigenvalue weighted by Gasteiger charge is 2.20. The fourth-order valence-electron chi connectivity index (χ4n) is 2.70. The molecule has 0 amide bonds. The van der Waals surface area contributed by atoms with Gasteiger partial charge in [-0.25, -0.2) is 4.39 Å². The van der Waals surface area contributed by atoms with Crippen LogP contribution in [-0.4, -0.2) is 30.6 Å². The van der Waals surface area contributed by atoms with E-state index >= 15 is 0 Å². The summed E-state index contributed by atoms with van der Waals surface area (Å²) in [5.41, 5.74) is 0.412. The Balaban J connectivity index is 2.19. The van der Waals surface area contributed by atoms with Gasteiger partial charge in [0.1, 0.15) is 5.82 Å². The molecule has 0 spiro atoms. The lowest BCUT2D eigenvalue weighted by atomic mass is 10.1. The maximum atomic E-state index is 13.6. The summed E-state index contributed by atoms with van der Waals surface area (Å²) in [7, 11) is 0. The standard InChI is InChI=1S/C15H22FN3O2/c1-2-3-7-18(11-13-5-4-6-17-13)14-8-12(16)9-15(10-14)19(20)21/h8-10,13,17H,2-7,11H2,1H3. The van der Waals surface area contributed by atoms with Crippen molar-refractivity contribution in [1.29, 1.82) is 0 Å². The topological polar surface area (TPSA) is 58.4 Å². The van der Waals surface area contributed by atoms with E-state index in [2.05, 4.69) is 17.1 Å². The lowest BCUT2D eigenvalue weighted by Crippen LogP contribution is -2.38. The van der Waals surface area contributed by atoms with Gasteiger partial charge < -0.3 is 10.2 Å². The zero-order valence-corrected chi connectivity index (χ0v) is 12.3. The second-order valence-corrected chi connectivity index (χ2v) is 5.52. The third kappa shape index (κ3) is 4.39. The average molecular weight is 295 g/mol. The Labute approximate surface area is 124 Å². The van der Waals surface area contributed by atoms with Gasteiger partial charge in [0.25, 0.3) is 5.69 Å². The number of non-ortho nitro benzene ring substituents is 1. The molecule has 1 fully saturated rings. The van der Waals surface area contributed by atoms with E-state index in [1.807, 2.05) is 0 Å². The number of halogens is 1. The van der Waals surface area contributed by atoms with Crippen molar-refractivity contribution in [2.24, 2.45) is 0 Å². The van der Waals surface area contributed by atoms with Crippen LogP contribution in [0.25, 0.3) is 0 Å². The number of nitrogens with zero attached hydrogens (tertiary/aromatic N) is 2. The van der Waals surface area contributed by atoms with E-state index in [-0.39, 0.29) is 5.69 Å². The molecular formula is C15H22FN3O2. The van der Waals surface area contributed by atoms with Crippen molar-refractivity contribution >= 4 is 11.4 Å². The van der Waals surface area contributed by atoms with Gasteiger partial charge in [0, 0.05) is 30.9 Å². The van der Waals surface area contributed by atoms with Crippen molar-refractivity contribution in [1.82, 2.24) is 5.32 Å². The first-order valence-electron chi connectivity index (χ1n) is 7.53. The molecule has 1 atom stereocenters. The SMILES string of the molecule is CCCCN(CC1CCCN1)c1cc(F)cc([N+](=O)[O-])c1. The van der Waals surface area contributed by atoms with E-state index in [0.717, 1.165) is 51.4 Å². The molecular weight excluding hydrogens is 273 g/mol. The molecule has 116 valence electrons. The zero-order valence-electron chi connectivity index (χ0n) is 12.3. The summed E-state index contributed by atoms with van der Waals surface area (Å²) in [5, 5.41) is 14.3. The second kappa shape index (κ2) is 7.36. The van der Waals surface area contributed by atoms with Gasteiger partial charge in [-0.2, -0.15) is 0 Å². The highest BCUT2D eigenvalue weighted by Crippen LogP contribution is 2.24. The third-order valence-electron chi connectivity index (χ3n) is 3.83. The molecule has 21 heavy (non-hydrogen) atoms. The number of benzene rings is 1. The minimum Gasteiger partial charge on any atom is -0.370 e. The van der Waals surface area contributed by atoms with Gasteiger partial charge in [-0.15, -0.1) is 0 Å². The highest BCUT2D eigenvalue weighted by molar-refractivity contribution is 5.53. The number of nitrogens with one attached hydrogen (secondary N) is 1. The van der Waals surface area contributed by atoms with Crippen LogP contribution in [-0.2, 0) is 0 Å². The van der Waals surface area contributed by atoms with E-state index in [0.29, 0.717) is 11.7 Å². The fraction of sp³-hybridized carbons (Fsp3) is 0.600. The van der Waals surface area contributed by atoms with Gasteiger partial charge in [-0.05, 0) is 31.9 Å². The van der Waals surface area contributed by atoms with Crippen LogP contribution in [0.1, 0.15) is 32.6 Å². The van der Waals surface area contributed by atoms with E-state index < -0.39 is 10.7 Å². The summed E-state index contributed by atoms with van der Waals surface area (Å²) < 4.78 is 13.6. The van der Waals surface area contributed by atoms with Crippen LogP contribution in [0.15, 0.2) is 18.2 Å². The Morgan fingerprint density at radius 3 is 2.90 bits per heavy atom. The summed E-state index contributed by atoms with van der Waals surface area (Å²) in [6, 6.07) is 4.20. The first-order chi connectivity index (χ1) is 10.1. The van der Waals surface area contributed by atoms with Gasteiger partial charge in [0.05, 0.1) is 11.0 Å². The summed E-state index contributed by atoms with van der Waals surface area (Å²) in [4.78, 5) is 12.4. The number of unbranched alkanes of at least 4 members (excludes halogenated alkanes) is 1. The van der Waals surface area contributed by atoms with Crippen LogP contribution < -0.4 is 10.2 Å². The van der Waals surface area contributed by atoms with Crippen LogP contribution in [0.2, 0.25) is 0 Å². The van der Waals surface area contributed by atoms with Crippen molar-refractivity contribution in [2.45, 2.75) is 38.6 Å². The Kier molecular flexibility index (Phi) is 5.50. The molecule has 1 aliphatic rings. The molecule has 1 aromatic rings. The molecule has 2 rings (SSSR count). The molecule has 0 saturated carbocycles. The van der Waals surface area contributed by atoms with Crippen LogP contribution in [0.5, 0.6) is 0 Å². The normalized spacial score (nSPS) is 17.9. The Morgan fingerprint density at radius 1 is 1.48 bits per heavy atom. The number of nitro groups is 1. The van der Waals surface area contributed by atoms with Gasteiger partial charge in [-0.1, -0.05) is 13.3 Å². The van der Waals surface area contributed by atoms with Crippen LogP contribution >= 0.6 is 0 Å². The molecule has 0 radical (unpaired) electrons. The third-order valence-corrected chi connectivity index (χ3v) is 3.83. The fourth-order valence-corrected chi connectivity index (χ4v) is 2.70. The van der Waals surface area contributed by atoms with E-state index in [1.165, 1.54) is 12.1 Å². The first kappa shape index (κ1) is 15.7. The molecule has 1 N–H and O–H groups in total. The molecule has 1 unspecified atom stereocenters. The lowest BCUT2D eigenvalue weighted by molar-refractivity contribution is -0.385. The molecule has 0 bridgehead atoms. The Bertz CT molecular complexity index is 490. The van der Waals surface area contributed by atoms with Crippen LogP contribution in [0.3, 0.4) is 0 Å². The summed E-state index contributed by atoms with van der Waals surface area (Å²) in [6.07, 6.45) is 4.26. The minimum atomic E-state index is -0.555. The highest BCUT2D eigenvalue weighted by atomic mass is 19.1. The van der Waals surface area contributed by atoms with E-state index in [9.17, 15) is 14.5 Å². The quantitative estimate of drug-likeness (QED) is 0.620. The van der Waals surface area contributed by atoms with Crippen molar-refractivity contribution in [2.75, 3.05) is 24.5 Å². The zero-order chi connectivity index (χ0) is 15.2. The Hall–Kier alpha value is -1.69.